The van der Waals surface area contributed by atoms with E-state index in [1.165, 1.54) is 51.4 Å². The summed E-state index contributed by atoms with van der Waals surface area (Å²) in [5, 5.41) is 9.97. The van der Waals surface area contributed by atoms with Crippen molar-refractivity contribution in [1.82, 2.24) is 0 Å². The number of aliphatic hydroxyl groups is 1. The molecule has 0 heterocycles. The van der Waals surface area contributed by atoms with Crippen molar-refractivity contribution in [3.8, 4) is 0 Å². The molecule has 0 saturated heterocycles. The van der Waals surface area contributed by atoms with Crippen molar-refractivity contribution in [2.75, 3.05) is 0 Å². The van der Waals surface area contributed by atoms with Gasteiger partial charge in [-0.05, 0) is 86.9 Å². The van der Waals surface area contributed by atoms with Gasteiger partial charge in [0.15, 0.2) is 0 Å². The van der Waals surface area contributed by atoms with Crippen LogP contribution in [0.4, 0.5) is 0 Å². The molecule has 0 radical (unpaired) electrons. The molecule has 6 unspecified atom stereocenters. The summed E-state index contributed by atoms with van der Waals surface area (Å²) in [6.45, 7) is 5.04. The Labute approximate surface area is 130 Å². The van der Waals surface area contributed by atoms with E-state index < -0.39 is 0 Å². The fraction of sp³-hybridized carbons (Fsp3) is 0.900. The Morgan fingerprint density at radius 3 is 2.76 bits per heavy atom. The minimum Gasteiger partial charge on any atom is -0.393 e. The van der Waals surface area contributed by atoms with Crippen LogP contribution < -0.4 is 0 Å². The topological polar surface area (TPSA) is 20.2 Å². The van der Waals surface area contributed by atoms with Crippen LogP contribution in [0.25, 0.3) is 0 Å². The molecular weight excluding hydrogens is 256 g/mol. The number of fused-ring (bicyclic) bond motifs is 4. The molecule has 6 atom stereocenters. The van der Waals surface area contributed by atoms with Gasteiger partial charge in [-0.15, -0.1) is 0 Å². The van der Waals surface area contributed by atoms with Gasteiger partial charge in [0.1, 0.15) is 0 Å². The molecule has 2 saturated carbocycles. The molecule has 4 aliphatic rings. The molecule has 1 heteroatoms. The molecule has 0 amide bonds. The molecule has 0 bridgehead atoms. The van der Waals surface area contributed by atoms with Crippen LogP contribution in [0.1, 0.15) is 78.1 Å². The van der Waals surface area contributed by atoms with Crippen molar-refractivity contribution in [1.29, 1.82) is 0 Å². The number of rotatable bonds is 1. The molecule has 4 aliphatic carbocycles. The standard InChI is InChI=1S/C20H32O/c1-3-14-5-9-19-18-7-4-13-12-15(21)6-8-16(13)17(18)10-11-20(14,19)2/h14-15,17-19,21H,3-12H2,1-2H3. The Morgan fingerprint density at radius 1 is 1.10 bits per heavy atom. The van der Waals surface area contributed by atoms with E-state index in [9.17, 15) is 5.11 Å². The highest BCUT2D eigenvalue weighted by molar-refractivity contribution is 5.27. The van der Waals surface area contributed by atoms with Crippen molar-refractivity contribution in [2.24, 2.45) is 29.1 Å². The van der Waals surface area contributed by atoms with Gasteiger partial charge in [0.05, 0.1) is 6.10 Å². The second kappa shape index (κ2) is 5.11. The molecule has 1 nitrogen and oxygen atoms in total. The van der Waals surface area contributed by atoms with Gasteiger partial charge in [-0.25, -0.2) is 0 Å². The van der Waals surface area contributed by atoms with Crippen LogP contribution in [0.15, 0.2) is 11.1 Å². The summed E-state index contributed by atoms with van der Waals surface area (Å²) in [4.78, 5) is 0. The Morgan fingerprint density at radius 2 is 1.95 bits per heavy atom. The maximum absolute atomic E-state index is 9.97. The van der Waals surface area contributed by atoms with E-state index in [0.717, 1.165) is 36.5 Å². The van der Waals surface area contributed by atoms with Crippen molar-refractivity contribution >= 4 is 0 Å². The van der Waals surface area contributed by atoms with Crippen LogP contribution >= 0.6 is 0 Å². The summed E-state index contributed by atoms with van der Waals surface area (Å²) in [6.07, 6.45) is 13.2. The monoisotopic (exact) mass is 288 g/mol. The fourth-order valence-electron chi connectivity index (χ4n) is 6.97. The number of aliphatic hydroxyl groups excluding tert-OH is 1. The minimum absolute atomic E-state index is 0.0369. The first kappa shape index (κ1) is 14.3. The summed E-state index contributed by atoms with van der Waals surface area (Å²) in [6, 6.07) is 0. The van der Waals surface area contributed by atoms with E-state index in [-0.39, 0.29) is 6.10 Å². The van der Waals surface area contributed by atoms with E-state index in [1.54, 1.807) is 5.57 Å². The van der Waals surface area contributed by atoms with E-state index >= 15 is 0 Å². The molecule has 1 N–H and O–H groups in total. The van der Waals surface area contributed by atoms with E-state index in [1.807, 2.05) is 5.57 Å². The molecule has 0 aliphatic heterocycles. The van der Waals surface area contributed by atoms with Crippen LogP contribution in [-0.4, -0.2) is 11.2 Å². The Balaban J connectivity index is 1.62. The maximum Gasteiger partial charge on any atom is 0.0580 e. The molecule has 21 heavy (non-hydrogen) atoms. The maximum atomic E-state index is 9.97. The Hall–Kier alpha value is -0.300. The lowest BCUT2D eigenvalue weighted by atomic mass is 9.53. The highest BCUT2D eigenvalue weighted by Gasteiger charge is 2.54. The first-order valence-electron chi connectivity index (χ1n) is 9.52. The zero-order valence-electron chi connectivity index (χ0n) is 13.9. The number of hydrogen-bond acceptors (Lipinski definition) is 1. The third-order valence-corrected chi connectivity index (χ3v) is 8.04. The van der Waals surface area contributed by atoms with Gasteiger partial charge < -0.3 is 5.11 Å². The second-order valence-electron chi connectivity index (χ2n) is 8.67. The number of hydrogen-bond donors (Lipinski definition) is 1. The zero-order chi connectivity index (χ0) is 14.6. The minimum atomic E-state index is -0.0369. The van der Waals surface area contributed by atoms with Gasteiger partial charge in [-0.3, -0.25) is 0 Å². The highest BCUT2D eigenvalue weighted by Crippen LogP contribution is 2.63. The van der Waals surface area contributed by atoms with Crippen molar-refractivity contribution in [3.63, 3.8) is 0 Å². The van der Waals surface area contributed by atoms with Crippen molar-refractivity contribution in [3.05, 3.63) is 11.1 Å². The molecular formula is C20H32O. The van der Waals surface area contributed by atoms with Gasteiger partial charge in [0, 0.05) is 0 Å². The lowest BCUT2D eigenvalue weighted by Gasteiger charge is -2.52. The van der Waals surface area contributed by atoms with Gasteiger partial charge in [-0.2, -0.15) is 0 Å². The molecule has 0 aromatic heterocycles. The Bertz CT molecular complexity index is 451. The van der Waals surface area contributed by atoms with Gasteiger partial charge in [-0.1, -0.05) is 31.4 Å². The van der Waals surface area contributed by atoms with Crippen LogP contribution in [0, 0.1) is 29.1 Å². The largest absolute Gasteiger partial charge is 0.393 e. The zero-order valence-corrected chi connectivity index (χ0v) is 13.9. The lowest BCUT2D eigenvalue weighted by molar-refractivity contribution is 0.00971. The van der Waals surface area contributed by atoms with Crippen LogP contribution in [0.5, 0.6) is 0 Å². The third kappa shape index (κ3) is 2.06. The molecule has 118 valence electrons. The second-order valence-corrected chi connectivity index (χ2v) is 8.67. The summed E-state index contributed by atoms with van der Waals surface area (Å²) in [5.74, 6) is 3.87. The van der Waals surface area contributed by atoms with Crippen molar-refractivity contribution in [2.45, 2.75) is 84.2 Å². The molecule has 0 aromatic rings. The van der Waals surface area contributed by atoms with E-state index in [0.29, 0.717) is 5.41 Å². The summed E-state index contributed by atoms with van der Waals surface area (Å²) < 4.78 is 0. The highest BCUT2D eigenvalue weighted by atomic mass is 16.3. The SMILES string of the molecule is CCC1CCC2C3CCC4=C(CCC(O)C4)C3CCC12C. The summed E-state index contributed by atoms with van der Waals surface area (Å²) in [5.41, 5.74) is 4.14. The summed E-state index contributed by atoms with van der Waals surface area (Å²) >= 11 is 0. The van der Waals surface area contributed by atoms with Crippen LogP contribution in [0.2, 0.25) is 0 Å². The molecule has 0 aromatic carbocycles. The van der Waals surface area contributed by atoms with E-state index in [2.05, 4.69) is 13.8 Å². The van der Waals surface area contributed by atoms with Gasteiger partial charge in [0.2, 0.25) is 0 Å². The van der Waals surface area contributed by atoms with Gasteiger partial charge in [0.25, 0.3) is 0 Å². The first-order chi connectivity index (χ1) is 10.1. The summed E-state index contributed by atoms with van der Waals surface area (Å²) in [7, 11) is 0. The Kier molecular flexibility index (Phi) is 3.48. The van der Waals surface area contributed by atoms with E-state index in [4.69, 9.17) is 0 Å². The fourth-order valence-corrected chi connectivity index (χ4v) is 6.97. The predicted molar refractivity (Wildman–Crippen MR) is 86.9 cm³/mol. The number of allylic oxidation sites excluding steroid dienone is 1. The average Bonchev–Trinajstić information content (AvgIpc) is 2.83. The molecule has 2 fully saturated rings. The van der Waals surface area contributed by atoms with Gasteiger partial charge >= 0.3 is 0 Å². The van der Waals surface area contributed by atoms with Crippen molar-refractivity contribution < 1.29 is 5.11 Å². The average molecular weight is 288 g/mol. The molecule has 4 rings (SSSR count). The predicted octanol–water partition coefficient (Wildman–Crippen LogP) is 5.09. The normalized spacial score (nSPS) is 49.6. The molecule has 0 spiro atoms. The third-order valence-electron chi connectivity index (χ3n) is 8.04. The first-order valence-corrected chi connectivity index (χ1v) is 9.52. The van der Waals surface area contributed by atoms with Crippen LogP contribution in [0.3, 0.4) is 0 Å². The smallest absolute Gasteiger partial charge is 0.0580 e. The lowest BCUT2D eigenvalue weighted by Crippen LogP contribution is -2.44. The van der Waals surface area contributed by atoms with Crippen LogP contribution in [-0.2, 0) is 0 Å². The quantitative estimate of drug-likeness (QED) is 0.666.